The number of hydrogen-bond acceptors (Lipinski definition) is 15. The zero-order valence-electron chi connectivity index (χ0n) is 81.8. The molecule has 740 valence electrons. The largest absolute Gasteiger partial charge is 0.386 e. The molecule has 12 N–H and O–H groups in total. The molecule has 141 heavy (non-hydrogen) atoms. The summed E-state index contributed by atoms with van der Waals surface area (Å²) in [6.07, 6.45) is 9.08. The first-order chi connectivity index (χ1) is 68.1. The van der Waals surface area contributed by atoms with Crippen molar-refractivity contribution >= 4 is 154 Å². The number of hydrogen-bond donors (Lipinski definition) is 8. The molecule has 4 atom stereocenters. The summed E-state index contributed by atoms with van der Waals surface area (Å²) in [5.41, 5.74) is 35.5. The Labute approximate surface area is 843 Å². The predicted octanol–water partition coefficient (Wildman–Crippen LogP) is 19.1. The number of amides is 4. The summed E-state index contributed by atoms with van der Waals surface area (Å²) in [6, 6.07) is 87.8. The van der Waals surface area contributed by atoms with Crippen LogP contribution in [0, 0.1) is 0 Å². The van der Waals surface area contributed by atoms with Crippen molar-refractivity contribution in [3.63, 3.8) is 0 Å². The SMILES string of the molecule is CCc1ccc(CCC(=O)[C@H](CCCN=C(N)CCl)NC(=O)c2ccc3cc(N(C)C)ccc3c2)cc1.CN(C)c1ccc2cc(C(=O)N[C@@H](CCCN=C(N)CCl)C(=O)CCc3ccccc3)ccc2c1.CN(C)c1ccc2cc(C(=O)N[C@@H](CCCN=C(N)CF)C(=O)CCc3ccccc3)ccc2c1.NC(CCl)=NCCC[C@H](NC(=O)c1ccc(-c2ccccc2)cc1)C(=O)CCc1ccccc1. The number of benzene rings is 12. The van der Waals surface area contributed by atoms with Crippen LogP contribution in [0.15, 0.2) is 299 Å². The maximum Gasteiger partial charge on any atom is 0.251 e. The summed E-state index contributed by atoms with van der Waals surface area (Å²) < 4.78 is 12.5. The summed E-state index contributed by atoms with van der Waals surface area (Å²) in [4.78, 5) is 127. The number of aryl methyl sites for hydroxylation is 5. The number of nitrogens with two attached hydrogens (primary N) is 4. The van der Waals surface area contributed by atoms with E-state index >= 15 is 0 Å². The number of nitrogens with one attached hydrogen (secondary N) is 4. The van der Waals surface area contributed by atoms with Gasteiger partial charge < -0.3 is 58.9 Å². The normalized spacial score (nSPS) is 12.3. The van der Waals surface area contributed by atoms with Crippen molar-refractivity contribution in [3.8, 4) is 11.1 Å². The highest BCUT2D eigenvalue weighted by atomic mass is 35.5. The number of carbonyl (C=O) groups excluding carboxylic acids is 8. The molecule has 23 nitrogen and oxygen atoms in total. The number of alkyl halides is 4. The van der Waals surface area contributed by atoms with Crippen LogP contribution >= 0.6 is 34.8 Å². The first kappa shape index (κ1) is 111. The van der Waals surface area contributed by atoms with Crippen LogP contribution in [0.1, 0.15) is 153 Å². The van der Waals surface area contributed by atoms with Gasteiger partial charge in [-0.15, -0.1) is 34.8 Å². The number of ketones is 4. The van der Waals surface area contributed by atoms with Crippen LogP contribution in [-0.2, 0) is 51.3 Å². The fourth-order valence-electron chi connectivity index (χ4n) is 15.5. The smallest absolute Gasteiger partial charge is 0.251 e. The van der Waals surface area contributed by atoms with Crippen molar-refractivity contribution in [2.24, 2.45) is 42.9 Å². The molecule has 0 aliphatic carbocycles. The third-order valence-electron chi connectivity index (χ3n) is 23.8. The van der Waals surface area contributed by atoms with Gasteiger partial charge >= 0.3 is 0 Å². The Morgan fingerprint density at radius 3 is 0.816 bits per heavy atom. The molecule has 12 aromatic carbocycles. The number of amidine groups is 4. The molecule has 0 unspecified atom stereocenters. The van der Waals surface area contributed by atoms with E-state index in [4.69, 9.17) is 57.7 Å². The first-order valence-corrected chi connectivity index (χ1v) is 49.4. The summed E-state index contributed by atoms with van der Waals surface area (Å²) in [6.45, 7) is 3.00. The van der Waals surface area contributed by atoms with Gasteiger partial charge in [0.05, 0.1) is 41.8 Å². The van der Waals surface area contributed by atoms with Gasteiger partial charge in [-0.2, -0.15) is 0 Å². The van der Waals surface area contributed by atoms with Crippen LogP contribution in [0.4, 0.5) is 21.5 Å². The van der Waals surface area contributed by atoms with Crippen LogP contribution in [0.2, 0.25) is 0 Å². The van der Waals surface area contributed by atoms with Gasteiger partial charge in [0.1, 0.15) is 30.0 Å². The molecule has 27 heteroatoms. The number of halogens is 4. The van der Waals surface area contributed by atoms with Gasteiger partial charge in [0, 0.05) is 133 Å². The van der Waals surface area contributed by atoms with Crippen molar-refractivity contribution in [2.45, 2.75) is 140 Å². The molecule has 4 amide bonds. The minimum Gasteiger partial charge on any atom is -0.386 e. The zero-order valence-corrected chi connectivity index (χ0v) is 84.0. The molecule has 0 spiro atoms. The average molecular weight is 1970 g/mol. The minimum atomic E-state index is -0.797. The second-order valence-corrected chi connectivity index (χ2v) is 35.9. The summed E-state index contributed by atoms with van der Waals surface area (Å²) in [5.74, 6) is 0.491. The molecular formula is C114H133Cl3FN15O8. The van der Waals surface area contributed by atoms with Crippen molar-refractivity contribution < 1.29 is 42.7 Å². The number of carbonyl (C=O) groups is 8. The maximum absolute atomic E-state index is 13.2. The first-order valence-electron chi connectivity index (χ1n) is 47.8. The van der Waals surface area contributed by atoms with Gasteiger partial charge in [-0.05, 0) is 240 Å². The number of rotatable bonds is 49. The lowest BCUT2D eigenvalue weighted by Crippen LogP contribution is -2.41. The predicted molar refractivity (Wildman–Crippen MR) is 581 cm³/mol. The molecule has 12 rings (SSSR count). The van der Waals surface area contributed by atoms with Crippen molar-refractivity contribution in [2.75, 3.05) is 107 Å². The lowest BCUT2D eigenvalue weighted by molar-refractivity contribution is -0.121. The van der Waals surface area contributed by atoms with Crippen LogP contribution in [0.25, 0.3) is 43.4 Å². The van der Waals surface area contributed by atoms with Crippen LogP contribution in [-0.4, -0.2) is 187 Å². The van der Waals surface area contributed by atoms with E-state index in [1.54, 1.807) is 30.3 Å². The van der Waals surface area contributed by atoms with E-state index in [-0.39, 0.29) is 70.2 Å². The van der Waals surface area contributed by atoms with Crippen LogP contribution in [0.5, 0.6) is 0 Å². The Morgan fingerprint density at radius 1 is 0.298 bits per heavy atom. The molecule has 0 fully saturated rings. The third-order valence-corrected chi connectivity index (χ3v) is 24.7. The van der Waals surface area contributed by atoms with E-state index in [2.05, 4.69) is 90.6 Å². The fourth-order valence-corrected chi connectivity index (χ4v) is 15.8. The number of Topliss-reactive ketones (excluding diaryl/α,β-unsaturated/α-hetero) is 4. The van der Waals surface area contributed by atoms with Gasteiger partial charge in [-0.3, -0.25) is 58.3 Å². The maximum atomic E-state index is 13.2. The van der Waals surface area contributed by atoms with Crippen molar-refractivity contribution in [1.29, 1.82) is 0 Å². The minimum absolute atomic E-state index is 0.00686. The Kier molecular flexibility index (Phi) is 46.7. The van der Waals surface area contributed by atoms with E-state index in [1.165, 1.54) is 5.56 Å². The molecular weight excluding hydrogens is 1830 g/mol. The van der Waals surface area contributed by atoms with Crippen LogP contribution < -0.4 is 58.9 Å². The van der Waals surface area contributed by atoms with Gasteiger partial charge in [-0.1, -0.05) is 201 Å². The number of anilines is 3. The topological polar surface area (TPSA) is 348 Å². The molecule has 12 aromatic rings. The van der Waals surface area contributed by atoms with Crippen LogP contribution in [0.3, 0.4) is 0 Å². The number of nitrogens with zero attached hydrogens (tertiary/aromatic N) is 7. The quantitative estimate of drug-likeness (QED) is 0.00760. The Hall–Kier alpha value is -13.9. The number of aliphatic imine (C=N–C) groups is 4. The molecule has 0 radical (unpaired) electrons. The molecule has 0 saturated heterocycles. The Morgan fingerprint density at radius 2 is 0.539 bits per heavy atom. The molecule has 0 aliphatic heterocycles. The third kappa shape index (κ3) is 38.0. The van der Waals surface area contributed by atoms with Crippen molar-refractivity contribution in [3.05, 3.63) is 329 Å². The fraction of sp³-hybridized carbons (Fsp3) is 0.316. The van der Waals surface area contributed by atoms with E-state index in [0.29, 0.717) is 169 Å². The van der Waals surface area contributed by atoms with Crippen molar-refractivity contribution in [1.82, 2.24) is 21.3 Å². The standard InChI is InChI=1S/C30H37ClN4O2.C28H33ClN4O2.C28H30ClN3O2.C28H33FN4O2/c1-4-21-7-9-22(10-8-21)11-16-28(36)27(6-5-17-33-29(32)20-31)34-30(37)25-13-12-24-19-26(35(2)3)15-14-23(24)18-25;1-33(2)24-14-13-21-17-23(12-11-22(21)18-24)28(35)32-25(9-6-16-31-27(30)19-29)26(34)15-10-20-7-4-3-5-8-20;29-20-27(30)31-19-7-12-25(26(33)18-13-21-8-3-1-4-9-21)32-28(34)24-16-14-23(15-17-24)22-10-5-2-6-11-22;1-33(2)24-14-13-21-17-23(12-11-22(21)18-24)28(35)32-25(9-6-16-31-27(30)19-29)26(34)15-10-20-7-4-3-5-8-20/h7-10,12-15,18-19,27H,4-6,11,16-17,20H2,1-3H3,(H2,32,33)(H,34,37);3-5,7-8,11-14,17-18,25H,6,9-10,15-16,19H2,1-2H3,(H2,30,31)(H,32,35);1-6,8-11,14-17,25H,7,12-13,18-20H2,(H2,30,31)(H,32,34);3-5,7-8,11-14,17-18,25H,6,9-10,15-16,19H2,1-2H3,(H2,30,31)(H,32,35)/t27-;3*25-/m0000/s1. The molecule has 0 aliphatic rings. The second kappa shape index (κ2) is 59.5. The Balaban J connectivity index is 0.000000210. The molecule has 0 heterocycles. The van der Waals surface area contributed by atoms with Gasteiger partial charge in [-0.25, -0.2) is 4.39 Å². The molecule has 0 aromatic heterocycles. The lowest BCUT2D eigenvalue weighted by Gasteiger charge is -2.18. The zero-order chi connectivity index (χ0) is 101. The van der Waals surface area contributed by atoms with Gasteiger partial charge in [0.15, 0.2) is 23.1 Å². The Bertz CT molecular complexity index is 5990. The molecule has 0 bridgehead atoms. The highest BCUT2D eigenvalue weighted by Crippen LogP contribution is 2.28. The molecule has 0 saturated carbocycles. The van der Waals surface area contributed by atoms with Gasteiger partial charge in [0.25, 0.3) is 23.6 Å². The average Bonchev–Trinajstić information content (AvgIpc) is 0.817. The summed E-state index contributed by atoms with van der Waals surface area (Å²) in [5, 5.41) is 17.8. The monoisotopic (exact) mass is 1960 g/mol. The van der Waals surface area contributed by atoms with Gasteiger partial charge in [0.2, 0.25) is 0 Å². The second-order valence-electron chi connectivity index (χ2n) is 35.1. The van der Waals surface area contributed by atoms with E-state index < -0.39 is 30.8 Å². The van der Waals surface area contributed by atoms with E-state index in [0.717, 1.165) is 89.2 Å². The lowest BCUT2D eigenvalue weighted by atomic mass is 9.98. The van der Waals surface area contributed by atoms with E-state index in [9.17, 15) is 42.7 Å². The number of fused-ring (bicyclic) bond motifs is 3. The highest BCUT2D eigenvalue weighted by molar-refractivity contribution is 6.28. The summed E-state index contributed by atoms with van der Waals surface area (Å²) in [7, 11) is 11.9. The summed E-state index contributed by atoms with van der Waals surface area (Å²) >= 11 is 17.0. The highest BCUT2D eigenvalue weighted by Gasteiger charge is 2.27. The van der Waals surface area contributed by atoms with E-state index in [1.807, 2.05) is 263 Å².